The number of aromatic nitrogens is 6. The van der Waals surface area contributed by atoms with Crippen LogP contribution in [0.15, 0.2) is 18.7 Å². The molecule has 0 radical (unpaired) electrons. The zero-order chi connectivity index (χ0) is 17.7. The number of aliphatic hydroxyl groups is 3. The van der Waals surface area contributed by atoms with Crippen molar-refractivity contribution in [1.82, 2.24) is 29.3 Å². The van der Waals surface area contributed by atoms with Crippen LogP contribution < -0.4 is 5.73 Å². The summed E-state index contributed by atoms with van der Waals surface area (Å²) in [6.07, 6.45) is 0.449. The molecule has 0 aliphatic carbocycles. The third-order valence-electron chi connectivity index (χ3n) is 4.20. The maximum Gasteiger partial charge on any atom is 0.168 e. The number of imidazole rings is 1. The van der Waals surface area contributed by atoms with Gasteiger partial charge in [-0.15, -0.1) is 0 Å². The first kappa shape index (κ1) is 15.9. The van der Waals surface area contributed by atoms with Gasteiger partial charge in [0.2, 0.25) is 0 Å². The van der Waals surface area contributed by atoms with Crippen LogP contribution in [-0.4, -0.2) is 69.5 Å². The molecule has 1 aliphatic rings. The first-order valence-electron chi connectivity index (χ1n) is 7.61. The Morgan fingerprint density at radius 3 is 2.72 bits per heavy atom. The highest BCUT2D eigenvalue weighted by Gasteiger charge is 2.44. The van der Waals surface area contributed by atoms with Gasteiger partial charge in [0.1, 0.15) is 23.8 Å². The van der Waals surface area contributed by atoms with Crippen LogP contribution in [0.3, 0.4) is 0 Å². The van der Waals surface area contributed by atoms with Crippen molar-refractivity contribution in [2.75, 3.05) is 12.3 Å². The Morgan fingerprint density at radius 1 is 1.28 bits per heavy atom. The van der Waals surface area contributed by atoms with E-state index in [1.54, 1.807) is 24.1 Å². The Kier molecular flexibility index (Phi) is 3.65. The molecule has 0 bridgehead atoms. The van der Waals surface area contributed by atoms with Crippen LogP contribution in [0.4, 0.5) is 5.82 Å². The van der Waals surface area contributed by atoms with E-state index >= 15 is 0 Å². The first-order valence-corrected chi connectivity index (χ1v) is 7.61. The van der Waals surface area contributed by atoms with Crippen LogP contribution in [0.25, 0.3) is 22.6 Å². The van der Waals surface area contributed by atoms with Crippen molar-refractivity contribution in [2.24, 2.45) is 7.05 Å². The van der Waals surface area contributed by atoms with E-state index in [-0.39, 0.29) is 5.82 Å². The third-order valence-corrected chi connectivity index (χ3v) is 4.20. The fourth-order valence-corrected chi connectivity index (χ4v) is 2.90. The molecule has 0 aromatic carbocycles. The largest absolute Gasteiger partial charge is 0.394 e. The molecule has 11 nitrogen and oxygen atoms in total. The highest BCUT2D eigenvalue weighted by Crippen LogP contribution is 2.32. The summed E-state index contributed by atoms with van der Waals surface area (Å²) in [4.78, 5) is 12.9. The molecule has 5 N–H and O–H groups in total. The summed E-state index contributed by atoms with van der Waals surface area (Å²) in [7, 11) is 1.77. The number of aryl methyl sites for hydroxylation is 1. The van der Waals surface area contributed by atoms with E-state index in [4.69, 9.17) is 10.5 Å². The lowest BCUT2D eigenvalue weighted by Gasteiger charge is -2.16. The molecule has 3 aromatic rings. The van der Waals surface area contributed by atoms with Crippen molar-refractivity contribution in [1.29, 1.82) is 0 Å². The highest BCUT2D eigenvalue weighted by atomic mass is 16.6. The standard InChI is InChI=1S/C14H17N7O4/c1-20-3-6(2-17-20)12-18-11(15)8-13(19-12)21(5-16-8)14-10(24)9(23)7(4-22)25-14/h2-3,5,7,9-10,14,22-24H,4H2,1H3,(H2,15,18,19)/t7?,9-,10-,14?/m1/s1. The molecular weight excluding hydrogens is 330 g/mol. The van der Waals surface area contributed by atoms with Crippen molar-refractivity contribution in [3.05, 3.63) is 18.7 Å². The number of rotatable bonds is 3. The van der Waals surface area contributed by atoms with Gasteiger partial charge in [-0.1, -0.05) is 0 Å². The number of hydrogen-bond acceptors (Lipinski definition) is 9. The molecular formula is C14H17N7O4. The minimum Gasteiger partial charge on any atom is -0.394 e. The van der Waals surface area contributed by atoms with Crippen molar-refractivity contribution >= 4 is 17.0 Å². The Labute approximate surface area is 141 Å². The molecule has 11 heteroatoms. The molecule has 1 aliphatic heterocycles. The number of hydrogen-bond donors (Lipinski definition) is 4. The van der Waals surface area contributed by atoms with Gasteiger partial charge in [-0.25, -0.2) is 15.0 Å². The Hall–Kier alpha value is -2.60. The second kappa shape index (κ2) is 5.74. The summed E-state index contributed by atoms with van der Waals surface area (Å²) in [5.41, 5.74) is 7.35. The number of nitrogens with zero attached hydrogens (tertiary/aromatic N) is 6. The Morgan fingerprint density at radius 2 is 2.08 bits per heavy atom. The van der Waals surface area contributed by atoms with Gasteiger partial charge in [-0.2, -0.15) is 5.10 Å². The van der Waals surface area contributed by atoms with E-state index in [2.05, 4.69) is 20.1 Å². The van der Waals surface area contributed by atoms with Crippen LogP contribution in [-0.2, 0) is 11.8 Å². The summed E-state index contributed by atoms with van der Waals surface area (Å²) in [6, 6.07) is 0. The SMILES string of the molecule is Cn1cc(-c2nc(N)c3ncn(C4OC(CO)[C@@H](O)[C@H]4O)c3n2)cn1. The number of nitrogen functional groups attached to an aromatic ring is 1. The Balaban J connectivity index is 1.82. The molecule has 4 atom stereocenters. The predicted octanol–water partition coefficient (Wildman–Crippen LogP) is -1.58. The van der Waals surface area contributed by atoms with E-state index in [0.717, 1.165) is 0 Å². The molecule has 4 rings (SSSR count). The van der Waals surface area contributed by atoms with Crippen LogP contribution in [0, 0.1) is 0 Å². The first-order chi connectivity index (χ1) is 12.0. The predicted molar refractivity (Wildman–Crippen MR) is 84.9 cm³/mol. The van der Waals surface area contributed by atoms with E-state index in [0.29, 0.717) is 22.6 Å². The van der Waals surface area contributed by atoms with Crippen molar-refractivity contribution in [2.45, 2.75) is 24.5 Å². The summed E-state index contributed by atoms with van der Waals surface area (Å²) in [5, 5.41) is 33.5. The Bertz CT molecular complexity index is 923. The second-order valence-electron chi connectivity index (χ2n) is 5.89. The lowest BCUT2D eigenvalue weighted by atomic mass is 10.1. The number of fused-ring (bicyclic) bond motifs is 1. The van der Waals surface area contributed by atoms with Gasteiger partial charge in [0, 0.05) is 13.2 Å². The van der Waals surface area contributed by atoms with Gasteiger partial charge >= 0.3 is 0 Å². The van der Waals surface area contributed by atoms with Gasteiger partial charge < -0.3 is 25.8 Å². The average molecular weight is 347 g/mol. The molecule has 4 heterocycles. The second-order valence-corrected chi connectivity index (χ2v) is 5.89. The van der Waals surface area contributed by atoms with Crippen molar-refractivity contribution in [3.63, 3.8) is 0 Å². The van der Waals surface area contributed by atoms with Gasteiger partial charge in [-0.05, 0) is 0 Å². The number of aliphatic hydroxyl groups excluding tert-OH is 3. The normalized spacial score (nSPS) is 26.6. The van der Waals surface area contributed by atoms with E-state index in [1.165, 1.54) is 10.9 Å². The lowest BCUT2D eigenvalue weighted by molar-refractivity contribution is -0.0511. The van der Waals surface area contributed by atoms with Gasteiger partial charge in [0.25, 0.3) is 0 Å². The summed E-state index contributed by atoms with van der Waals surface area (Å²) in [5.74, 6) is 0.529. The maximum atomic E-state index is 10.2. The van der Waals surface area contributed by atoms with Gasteiger partial charge in [0.05, 0.1) is 24.7 Å². The molecule has 3 aromatic heterocycles. The summed E-state index contributed by atoms with van der Waals surface area (Å²) in [6.45, 7) is -0.417. The van der Waals surface area contributed by atoms with E-state index in [9.17, 15) is 15.3 Å². The van der Waals surface area contributed by atoms with Crippen LogP contribution >= 0.6 is 0 Å². The van der Waals surface area contributed by atoms with Gasteiger partial charge in [-0.3, -0.25) is 9.25 Å². The minimum atomic E-state index is -1.24. The fourth-order valence-electron chi connectivity index (χ4n) is 2.90. The smallest absolute Gasteiger partial charge is 0.168 e. The molecule has 25 heavy (non-hydrogen) atoms. The number of ether oxygens (including phenoxy) is 1. The maximum absolute atomic E-state index is 10.2. The zero-order valence-corrected chi connectivity index (χ0v) is 13.3. The summed E-state index contributed by atoms with van der Waals surface area (Å²) >= 11 is 0. The van der Waals surface area contributed by atoms with E-state index in [1.807, 2.05) is 0 Å². The van der Waals surface area contributed by atoms with Crippen molar-refractivity contribution < 1.29 is 20.1 Å². The van der Waals surface area contributed by atoms with Gasteiger partial charge in [0.15, 0.2) is 23.5 Å². The molecule has 0 amide bonds. The lowest BCUT2D eigenvalue weighted by Crippen LogP contribution is -2.33. The average Bonchev–Trinajstić information content (AvgIpc) is 3.27. The minimum absolute atomic E-state index is 0.175. The summed E-state index contributed by atoms with van der Waals surface area (Å²) < 4.78 is 8.61. The fraction of sp³-hybridized carbons (Fsp3) is 0.429. The number of anilines is 1. The van der Waals surface area contributed by atoms with Crippen molar-refractivity contribution in [3.8, 4) is 11.4 Å². The zero-order valence-electron chi connectivity index (χ0n) is 13.3. The van der Waals surface area contributed by atoms with Crippen LogP contribution in [0.1, 0.15) is 6.23 Å². The van der Waals surface area contributed by atoms with Crippen LogP contribution in [0.5, 0.6) is 0 Å². The molecule has 0 spiro atoms. The van der Waals surface area contributed by atoms with E-state index < -0.39 is 31.1 Å². The molecule has 0 saturated carbocycles. The molecule has 1 fully saturated rings. The molecule has 132 valence electrons. The topological polar surface area (TPSA) is 157 Å². The monoisotopic (exact) mass is 347 g/mol. The highest BCUT2D eigenvalue weighted by molar-refractivity contribution is 5.83. The third kappa shape index (κ3) is 2.44. The quantitative estimate of drug-likeness (QED) is 0.439. The number of nitrogens with two attached hydrogens (primary N) is 1. The van der Waals surface area contributed by atoms with Crippen LogP contribution in [0.2, 0.25) is 0 Å². The molecule has 2 unspecified atom stereocenters. The molecule has 1 saturated heterocycles.